The van der Waals surface area contributed by atoms with Crippen molar-refractivity contribution in [2.45, 2.75) is 28.9 Å². The van der Waals surface area contributed by atoms with E-state index >= 15 is 0 Å². The third-order valence-electron chi connectivity index (χ3n) is 1.87. The van der Waals surface area contributed by atoms with Gasteiger partial charge in [0.05, 0.1) is 12.1 Å². The summed E-state index contributed by atoms with van der Waals surface area (Å²) in [6.07, 6.45) is 0.0270. The highest BCUT2D eigenvalue weighted by atomic mass is 32.2. The summed E-state index contributed by atoms with van der Waals surface area (Å²) in [6.45, 7) is 3.66. The first-order valence-electron chi connectivity index (χ1n) is 4.71. The minimum Gasteiger partial charge on any atom is -0.481 e. The van der Waals surface area contributed by atoms with Crippen molar-refractivity contribution in [2.75, 3.05) is 0 Å². The van der Waals surface area contributed by atoms with E-state index in [0.717, 1.165) is 25.1 Å². The highest BCUT2D eigenvalue weighted by molar-refractivity contribution is 8.02. The minimum absolute atomic E-state index is 0.0270. The predicted molar refractivity (Wildman–Crippen MR) is 67.0 cm³/mol. The van der Waals surface area contributed by atoms with Gasteiger partial charge in [0.2, 0.25) is 0 Å². The van der Waals surface area contributed by atoms with E-state index in [1.807, 2.05) is 13.8 Å². The number of aromatic nitrogens is 3. The van der Waals surface area contributed by atoms with E-state index in [0.29, 0.717) is 0 Å². The third-order valence-corrected chi connectivity index (χ3v) is 4.93. The lowest BCUT2D eigenvalue weighted by Gasteiger charge is -1.89. The van der Waals surface area contributed by atoms with Gasteiger partial charge >= 0.3 is 5.97 Å². The number of carboxylic acid groups (broad SMARTS) is 1. The Morgan fingerprint density at radius 1 is 1.35 bits per heavy atom. The van der Waals surface area contributed by atoms with Crippen LogP contribution in [-0.4, -0.2) is 25.4 Å². The SMILES string of the molecule is Cc1nsc(Sc2nc(C)c(CC(=O)O)s2)n1. The fourth-order valence-corrected chi connectivity index (χ4v) is 4.22. The van der Waals surface area contributed by atoms with Crippen LogP contribution in [-0.2, 0) is 11.2 Å². The van der Waals surface area contributed by atoms with E-state index in [1.165, 1.54) is 34.6 Å². The number of carboxylic acids is 1. The van der Waals surface area contributed by atoms with Gasteiger partial charge in [-0.3, -0.25) is 4.79 Å². The van der Waals surface area contributed by atoms with E-state index < -0.39 is 5.97 Å². The lowest BCUT2D eigenvalue weighted by atomic mass is 10.3. The van der Waals surface area contributed by atoms with Crippen LogP contribution in [0.5, 0.6) is 0 Å². The zero-order valence-corrected chi connectivity index (χ0v) is 11.6. The molecule has 8 heteroatoms. The Hall–Kier alpha value is -0.990. The topological polar surface area (TPSA) is 76.0 Å². The second-order valence-corrected chi connectivity index (χ2v) is 6.60. The molecule has 0 aliphatic carbocycles. The molecule has 17 heavy (non-hydrogen) atoms. The number of carbonyl (C=O) groups is 1. The van der Waals surface area contributed by atoms with Crippen LogP contribution >= 0.6 is 34.6 Å². The smallest absolute Gasteiger partial charge is 0.308 e. The van der Waals surface area contributed by atoms with Gasteiger partial charge in [-0.2, -0.15) is 4.37 Å². The molecule has 0 unspecified atom stereocenters. The normalized spacial score (nSPS) is 10.7. The molecule has 0 saturated carbocycles. The molecule has 0 aromatic carbocycles. The molecule has 2 aromatic heterocycles. The van der Waals surface area contributed by atoms with Gasteiger partial charge in [-0.1, -0.05) is 0 Å². The van der Waals surface area contributed by atoms with Gasteiger partial charge in [0.1, 0.15) is 5.82 Å². The molecular weight excluding hydrogens is 278 g/mol. The Balaban J connectivity index is 2.14. The molecule has 5 nitrogen and oxygen atoms in total. The van der Waals surface area contributed by atoms with E-state index in [2.05, 4.69) is 14.3 Å². The van der Waals surface area contributed by atoms with Gasteiger partial charge in [-0.25, -0.2) is 9.97 Å². The first kappa shape index (κ1) is 12.5. The second kappa shape index (κ2) is 5.11. The summed E-state index contributed by atoms with van der Waals surface area (Å²) in [5.41, 5.74) is 0.779. The van der Waals surface area contributed by atoms with Crippen molar-refractivity contribution in [1.29, 1.82) is 0 Å². The summed E-state index contributed by atoms with van der Waals surface area (Å²) >= 11 is 4.16. The number of thiazole rings is 1. The quantitative estimate of drug-likeness (QED) is 0.930. The molecular formula is C9H9N3O2S3. The number of aliphatic carboxylic acids is 1. The van der Waals surface area contributed by atoms with Gasteiger partial charge in [-0.05, 0) is 37.1 Å². The summed E-state index contributed by atoms with van der Waals surface area (Å²) in [5.74, 6) is -0.0865. The zero-order valence-electron chi connectivity index (χ0n) is 9.13. The van der Waals surface area contributed by atoms with Crippen molar-refractivity contribution < 1.29 is 9.90 Å². The summed E-state index contributed by atoms with van der Waals surface area (Å²) in [6, 6.07) is 0. The van der Waals surface area contributed by atoms with Crippen molar-refractivity contribution in [3.8, 4) is 0 Å². The van der Waals surface area contributed by atoms with Crippen LogP contribution in [0.4, 0.5) is 0 Å². The number of aryl methyl sites for hydroxylation is 2. The monoisotopic (exact) mass is 287 g/mol. The van der Waals surface area contributed by atoms with Crippen LogP contribution in [0.2, 0.25) is 0 Å². The lowest BCUT2D eigenvalue weighted by molar-refractivity contribution is -0.136. The van der Waals surface area contributed by atoms with E-state index in [1.54, 1.807) is 0 Å². The Bertz CT molecular complexity index is 549. The Labute approximate surface area is 110 Å². The highest BCUT2D eigenvalue weighted by Crippen LogP contribution is 2.33. The van der Waals surface area contributed by atoms with Crippen molar-refractivity contribution in [2.24, 2.45) is 0 Å². The molecule has 0 fully saturated rings. The third kappa shape index (κ3) is 3.24. The molecule has 90 valence electrons. The van der Waals surface area contributed by atoms with Crippen LogP contribution in [0.3, 0.4) is 0 Å². The Morgan fingerprint density at radius 3 is 2.71 bits per heavy atom. The van der Waals surface area contributed by atoms with E-state index in [-0.39, 0.29) is 6.42 Å². The first-order valence-corrected chi connectivity index (χ1v) is 7.11. The molecule has 0 atom stereocenters. The highest BCUT2D eigenvalue weighted by Gasteiger charge is 2.13. The molecule has 2 aromatic rings. The van der Waals surface area contributed by atoms with Crippen molar-refractivity contribution in [1.82, 2.24) is 14.3 Å². The minimum atomic E-state index is -0.833. The Morgan fingerprint density at radius 2 is 2.12 bits per heavy atom. The Kier molecular flexibility index (Phi) is 3.75. The maximum Gasteiger partial charge on any atom is 0.308 e. The number of hydrogen-bond donors (Lipinski definition) is 1. The van der Waals surface area contributed by atoms with Crippen molar-refractivity contribution in [3.05, 3.63) is 16.4 Å². The number of rotatable bonds is 4. The summed E-state index contributed by atoms with van der Waals surface area (Å²) in [5, 5.41) is 8.75. The molecule has 0 saturated heterocycles. The first-order chi connectivity index (χ1) is 8.04. The maximum atomic E-state index is 10.6. The number of hydrogen-bond acceptors (Lipinski definition) is 7. The summed E-state index contributed by atoms with van der Waals surface area (Å²) in [4.78, 5) is 20.0. The predicted octanol–water partition coefficient (Wildman–Crippen LogP) is 2.39. The average molecular weight is 287 g/mol. The van der Waals surface area contributed by atoms with E-state index in [9.17, 15) is 4.79 Å². The van der Waals surface area contributed by atoms with Gasteiger partial charge in [0.15, 0.2) is 8.68 Å². The molecule has 2 heterocycles. The fourth-order valence-electron chi connectivity index (χ4n) is 1.14. The molecule has 1 N–H and O–H groups in total. The molecule has 0 spiro atoms. The molecule has 2 rings (SSSR count). The molecule has 0 aliphatic heterocycles. The molecule has 0 radical (unpaired) electrons. The fraction of sp³-hybridized carbons (Fsp3) is 0.333. The van der Waals surface area contributed by atoms with Gasteiger partial charge in [-0.15, -0.1) is 11.3 Å². The van der Waals surface area contributed by atoms with Gasteiger partial charge in [0, 0.05) is 4.88 Å². The second-order valence-electron chi connectivity index (χ2n) is 3.27. The van der Waals surface area contributed by atoms with Crippen molar-refractivity contribution >= 4 is 40.6 Å². The largest absolute Gasteiger partial charge is 0.481 e. The van der Waals surface area contributed by atoms with Gasteiger partial charge < -0.3 is 5.11 Å². The van der Waals surface area contributed by atoms with Crippen molar-refractivity contribution in [3.63, 3.8) is 0 Å². The number of nitrogens with zero attached hydrogens (tertiary/aromatic N) is 3. The average Bonchev–Trinajstić information content (AvgIpc) is 2.74. The molecule has 0 aliphatic rings. The molecule has 0 bridgehead atoms. The van der Waals surface area contributed by atoms with Crippen LogP contribution in [0.25, 0.3) is 0 Å². The maximum absolute atomic E-state index is 10.6. The van der Waals surface area contributed by atoms with Crippen LogP contribution in [0.1, 0.15) is 16.4 Å². The van der Waals surface area contributed by atoms with Crippen LogP contribution < -0.4 is 0 Å². The summed E-state index contributed by atoms with van der Waals surface area (Å²) in [7, 11) is 0. The van der Waals surface area contributed by atoms with E-state index in [4.69, 9.17) is 5.11 Å². The molecule has 0 amide bonds. The van der Waals surface area contributed by atoms with Crippen LogP contribution in [0, 0.1) is 13.8 Å². The zero-order chi connectivity index (χ0) is 12.4. The standard InChI is InChI=1S/C9H9N3O2S3/c1-4-6(3-7(13)14)15-8(10-4)16-9-11-5(2)12-17-9/h3H2,1-2H3,(H,13,14). The lowest BCUT2D eigenvalue weighted by Crippen LogP contribution is -1.99. The van der Waals surface area contributed by atoms with Crippen LogP contribution in [0.15, 0.2) is 8.68 Å². The summed E-state index contributed by atoms with van der Waals surface area (Å²) < 4.78 is 5.73. The van der Waals surface area contributed by atoms with Gasteiger partial charge in [0.25, 0.3) is 0 Å².